The number of benzene rings is 1. The summed E-state index contributed by atoms with van der Waals surface area (Å²) in [4.78, 5) is 12.1. The predicted molar refractivity (Wildman–Crippen MR) is 94.2 cm³/mol. The van der Waals surface area contributed by atoms with Crippen molar-refractivity contribution in [3.8, 4) is 0 Å². The van der Waals surface area contributed by atoms with Gasteiger partial charge in [0.05, 0.1) is 12.0 Å². The Bertz CT molecular complexity index is 788. The van der Waals surface area contributed by atoms with Crippen LogP contribution in [0.1, 0.15) is 24.2 Å². The van der Waals surface area contributed by atoms with E-state index in [0.29, 0.717) is 18.2 Å². The van der Waals surface area contributed by atoms with Gasteiger partial charge in [0.2, 0.25) is 11.1 Å². The van der Waals surface area contributed by atoms with Crippen LogP contribution in [-0.4, -0.2) is 38.4 Å². The smallest absolute Gasteiger partial charge is 0.230 e. The number of hydrogen-bond acceptors (Lipinski definition) is 6. The topological polar surface area (TPSA) is 85.8 Å². The second kappa shape index (κ2) is 8.48. The Morgan fingerprint density at radius 1 is 1.28 bits per heavy atom. The molecule has 0 fully saturated rings. The maximum atomic E-state index is 12.1. The summed E-state index contributed by atoms with van der Waals surface area (Å²) in [6.45, 7) is 3.13. The maximum absolute atomic E-state index is 12.1. The van der Waals surface area contributed by atoms with E-state index in [2.05, 4.69) is 39.9 Å². The fourth-order valence-corrected chi connectivity index (χ4v) is 3.00. The highest BCUT2D eigenvalue weighted by atomic mass is 32.2. The molecule has 2 heterocycles. The number of nitrogens with one attached hydrogen (secondary N) is 1. The van der Waals surface area contributed by atoms with Crippen molar-refractivity contribution in [3.63, 3.8) is 0 Å². The first kappa shape index (κ1) is 17.2. The van der Waals surface area contributed by atoms with Crippen LogP contribution in [0.5, 0.6) is 0 Å². The van der Waals surface area contributed by atoms with Crippen LogP contribution in [0.15, 0.2) is 58.3 Å². The average Bonchev–Trinajstić information content (AvgIpc) is 3.31. The molecule has 0 spiro atoms. The zero-order chi connectivity index (χ0) is 17.5. The Balaban J connectivity index is 1.46. The molecule has 3 aromatic rings. The van der Waals surface area contributed by atoms with E-state index in [4.69, 9.17) is 4.42 Å². The van der Waals surface area contributed by atoms with Crippen LogP contribution in [0.25, 0.3) is 0 Å². The number of carbonyl (C=O) groups excluding carboxylic acids is 1. The lowest BCUT2D eigenvalue weighted by Crippen LogP contribution is -2.29. The standard InChI is InChI=1S/C17H19N5O2S/c1-13(14-6-3-2-4-7-14)10-18-16(23)12-25-17-19-20-21-22(17)11-15-8-5-9-24-15/h2-9,13H,10-12H2,1H3,(H,18,23). The number of nitrogens with zero attached hydrogens (tertiary/aromatic N) is 4. The van der Waals surface area contributed by atoms with E-state index in [1.165, 1.54) is 17.3 Å². The van der Waals surface area contributed by atoms with E-state index in [-0.39, 0.29) is 17.6 Å². The third kappa shape index (κ3) is 4.93. The second-order valence-electron chi connectivity index (χ2n) is 5.60. The minimum Gasteiger partial charge on any atom is -0.467 e. The SMILES string of the molecule is CC(CNC(=O)CSc1nnnn1Cc1ccco1)c1ccccc1. The predicted octanol–water partition coefficient (Wildman–Crippen LogP) is 2.33. The fraction of sp³-hybridized carbons (Fsp3) is 0.294. The third-order valence-corrected chi connectivity index (χ3v) is 4.65. The summed E-state index contributed by atoms with van der Waals surface area (Å²) < 4.78 is 6.90. The summed E-state index contributed by atoms with van der Waals surface area (Å²) >= 11 is 1.30. The third-order valence-electron chi connectivity index (χ3n) is 3.69. The van der Waals surface area contributed by atoms with Crippen molar-refractivity contribution in [1.82, 2.24) is 25.5 Å². The van der Waals surface area contributed by atoms with Crippen LogP contribution in [0.2, 0.25) is 0 Å². The molecule has 1 unspecified atom stereocenters. The largest absolute Gasteiger partial charge is 0.467 e. The van der Waals surface area contributed by atoms with Crippen molar-refractivity contribution in [3.05, 3.63) is 60.1 Å². The summed E-state index contributed by atoms with van der Waals surface area (Å²) in [7, 11) is 0. The van der Waals surface area contributed by atoms with Gasteiger partial charge in [0, 0.05) is 6.54 Å². The van der Waals surface area contributed by atoms with Crippen molar-refractivity contribution in [2.75, 3.05) is 12.3 Å². The van der Waals surface area contributed by atoms with E-state index in [1.807, 2.05) is 30.3 Å². The molecule has 1 atom stereocenters. The van der Waals surface area contributed by atoms with Crippen molar-refractivity contribution in [2.24, 2.45) is 0 Å². The number of hydrogen-bond donors (Lipinski definition) is 1. The molecule has 0 saturated heterocycles. The summed E-state index contributed by atoms with van der Waals surface area (Å²) in [5.41, 5.74) is 1.21. The highest BCUT2D eigenvalue weighted by molar-refractivity contribution is 7.99. The minimum atomic E-state index is -0.0414. The Morgan fingerprint density at radius 3 is 2.88 bits per heavy atom. The van der Waals surface area contributed by atoms with Crippen molar-refractivity contribution >= 4 is 17.7 Å². The van der Waals surface area contributed by atoms with Gasteiger partial charge in [-0.05, 0) is 34.0 Å². The van der Waals surface area contributed by atoms with Crippen LogP contribution in [-0.2, 0) is 11.3 Å². The molecule has 3 rings (SSSR count). The molecule has 0 aliphatic carbocycles. The molecular weight excluding hydrogens is 338 g/mol. The van der Waals surface area contributed by atoms with Gasteiger partial charge in [-0.2, -0.15) is 0 Å². The second-order valence-corrected chi connectivity index (χ2v) is 6.55. The first-order valence-electron chi connectivity index (χ1n) is 7.95. The normalized spacial score (nSPS) is 12.0. The lowest BCUT2D eigenvalue weighted by molar-refractivity contribution is -0.118. The zero-order valence-corrected chi connectivity index (χ0v) is 14.6. The Morgan fingerprint density at radius 2 is 2.12 bits per heavy atom. The molecule has 0 bridgehead atoms. The maximum Gasteiger partial charge on any atom is 0.230 e. The molecule has 1 aromatic carbocycles. The fourth-order valence-electron chi connectivity index (χ4n) is 2.30. The van der Waals surface area contributed by atoms with Crippen molar-refractivity contribution in [2.45, 2.75) is 24.5 Å². The number of tetrazole rings is 1. The van der Waals surface area contributed by atoms with Gasteiger partial charge >= 0.3 is 0 Å². The van der Waals surface area contributed by atoms with E-state index in [9.17, 15) is 4.79 Å². The number of rotatable bonds is 8. The number of carbonyl (C=O) groups is 1. The van der Waals surface area contributed by atoms with Gasteiger partial charge in [0.15, 0.2) is 0 Å². The Hall–Kier alpha value is -2.61. The molecule has 0 aliphatic rings. The number of aromatic nitrogens is 4. The van der Waals surface area contributed by atoms with E-state index < -0.39 is 0 Å². The quantitative estimate of drug-likeness (QED) is 0.623. The van der Waals surface area contributed by atoms with Gasteiger partial charge in [-0.3, -0.25) is 4.79 Å². The van der Waals surface area contributed by atoms with E-state index in [0.717, 1.165) is 5.76 Å². The molecule has 8 heteroatoms. The molecule has 0 radical (unpaired) electrons. The molecule has 0 saturated carbocycles. The first-order chi connectivity index (χ1) is 12.2. The van der Waals surface area contributed by atoms with Crippen LogP contribution < -0.4 is 5.32 Å². The van der Waals surface area contributed by atoms with Gasteiger partial charge in [-0.1, -0.05) is 49.0 Å². The van der Waals surface area contributed by atoms with E-state index >= 15 is 0 Å². The molecule has 1 N–H and O–H groups in total. The van der Waals surface area contributed by atoms with Crippen molar-refractivity contribution in [1.29, 1.82) is 0 Å². The highest BCUT2D eigenvalue weighted by Gasteiger charge is 2.12. The van der Waals surface area contributed by atoms with Gasteiger partial charge < -0.3 is 9.73 Å². The average molecular weight is 357 g/mol. The molecule has 0 aliphatic heterocycles. The number of thioether (sulfide) groups is 1. The Kier molecular flexibility index (Phi) is 5.84. The summed E-state index contributed by atoms with van der Waals surface area (Å²) in [6.07, 6.45) is 1.61. The van der Waals surface area contributed by atoms with E-state index in [1.54, 1.807) is 10.9 Å². The zero-order valence-electron chi connectivity index (χ0n) is 13.8. The minimum absolute atomic E-state index is 0.0414. The van der Waals surface area contributed by atoms with Crippen LogP contribution in [0.3, 0.4) is 0 Å². The van der Waals surface area contributed by atoms with Gasteiger partial charge in [0.25, 0.3) is 0 Å². The summed E-state index contributed by atoms with van der Waals surface area (Å²) in [6, 6.07) is 13.8. The van der Waals surface area contributed by atoms with Gasteiger partial charge in [0.1, 0.15) is 12.3 Å². The van der Waals surface area contributed by atoms with Crippen molar-refractivity contribution < 1.29 is 9.21 Å². The molecule has 2 aromatic heterocycles. The summed E-state index contributed by atoms with van der Waals surface area (Å²) in [5, 5.41) is 15.1. The van der Waals surface area contributed by atoms with Crippen LogP contribution in [0, 0.1) is 0 Å². The molecular formula is C17H19N5O2S. The van der Waals surface area contributed by atoms with Crippen LogP contribution >= 0.6 is 11.8 Å². The highest BCUT2D eigenvalue weighted by Crippen LogP contribution is 2.16. The summed E-state index contributed by atoms with van der Waals surface area (Å²) in [5.74, 6) is 1.25. The molecule has 25 heavy (non-hydrogen) atoms. The monoisotopic (exact) mass is 357 g/mol. The number of furan rings is 1. The molecule has 1 amide bonds. The first-order valence-corrected chi connectivity index (χ1v) is 8.94. The Labute approximate surface area is 149 Å². The molecule has 130 valence electrons. The van der Waals surface area contributed by atoms with Gasteiger partial charge in [-0.25, -0.2) is 4.68 Å². The lowest BCUT2D eigenvalue weighted by Gasteiger charge is -2.12. The number of amides is 1. The van der Waals surface area contributed by atoms with Gasteiger partial charge in [-0.15, -0.1) is 5.10 Å². The van der Waals surface area contributed by atoms with Crippen LogP contribution in [0.4, 0.5) is 0 Å². The lowest BCUT2D eigenvalue weighted by atomic mass is 10.0. The molecule has 7 nitrogen and oxygen atoms in total.